The SMILES string of the molecule is CCNC(=O)[C@]1(Cc2cccc(-c3cccnc3)c2)CCN(C(=O)[C@H]2C[C@@H]2C)C1. The van der Waals surface area contributed by atoms with E-state index >= 15 is 0 Å². The van der Waals surface area contributed by atoms with Crippen molar-refractivity contribution in [2.75, 3.05) is 19.6 Å². The highest BCUT2D eigenvalue weighted by atomic mass is 16.2. The molecular weight excluding hydrogens is 362 g/mol. The topological polar surface area (TPSA) is 62.3 Å². The van der Waals surface area contributed by atoms with Gasteiger partial charge in [-0.2, -0.15) is 0 Å². The molecule has 2 heterocycles. The van der Waals surface area contributed by atoms with Crippen LogP contribution in [0.5, 0.6) is 0 Å². The number of pyridine rings is 1. The second-order valence-corrected chi connectivity index (χ2v) is 8.59. The Bertz CT molecular complexity index is 898. The predicted octanol–water partition coefficient (Wildman–Crippen LogP) is 3.30. The number of carbonyl (C=O) groups excluding carboxylic acids is 2. The highest BCUT2D eigenvalue weighted by Crippen LogP contribution is 2.42. The van der Waals surface area contributed by atoms with Gasteiger partial charge in [0, 0.05) is 37.9 Å². The molecule has 3 atom stereocenters. The third-order valence-corrected chi connectivity index (χ3v) is 6.38. The summed E-state index contributed by atoms with van der Waals surface area (Å²) in [4.78, 5) is 32.0. The molecular formula is C24H29N3O2. The van der Waals surface area contributed by atoms with Crippen LogP contribution in [0.3, 0.4) is 0 Å². The van der Waals surface area contributed by atoms with Crippen molar-refractivity contribution in [3.05, 3.63) is 54.4 Å². The Hall–Kier alpha value is -2.69. The highest BCUT2D eigenvalue weighted by molar-refractivity contribution is 5.87. The molecule has 1 aliphatic heterocycles. The van der Waals surface area contributed by atoms with E-state index in [2.05, 4.69) is 35.4 Å². The summed E-state index contributed by atoms with van der Waals surface area (Å²) >= 11 is 0. The van der Waals surface area contributed by atoms with Crippen LogP contribution in [0.1, 0.15) is 32.3 Å². The summed E-state index contributed by atoms with van der Waals surface area (Å²) in [6.45, 7) is 5.85. The smallest absolute Gasteiger partial charge is 0.228 e. The minimum atomic E-state index is -0.558. The summed E-state index contributed by atoms with van der Waals surface area (Å²) in [5.41, 5.74) is 2.72. The Balaban J connectivity index is 1.57. The summed E-state index contributed by atoms with van der Waals surface area (Å²) in [7, 11) is 0. The quantitative estimate of drug-likeness (QED) is 0.822. The van der Waals surface area contributed by atoms with Gasteiger partial charge in [0.15, 0.2) is 0 Å². The maximum Gasteiger partial charge on any atom is 0.228 e. The van der Waals surface area contributed by atoms with Gasteiger partial charge in [-0.05, 0) is 54.9 Å². The van der Waals surface area contributed by atoms with Crippen LogP contribution in [0.15, 0.2) is 48.8 Å². The zero-order valence-corrected chi connectivity index (χ0v) is 17.2. The fourth-order valence-electron chi connectivity index (χ4n) is 4.50. The Morgan fingerprint density at radius 1 is 1.24 bits per heavy atom. The van der Waals surface area contributed by atoms with Gasteiger partial charge in [-0.1, -0.05) is 37.3 Å². The molecule has 1 saturated heterocycles. The van der Waals surface area contributed by atoms with Gasteiger partial charge in [-0.3, -0.25) is 14.6 Å². The van der Waals surface area contributed by atoms with Gasteiger partial charge >= 0.3 is 0 Å². The summed E-state index contributed by atoms with van der Waals surface area (Å²) < 4.78 is 0. The van der Waals surface area contributed by atoms with Gasteiger partial charge in [-0.25, -0.2) is 0 Å². The summed E-state index contributed by atoms with van der Waals surface area (Å²) in [5.74, 6) is 0.936. The van der Waals surface area contributed by atoms with E-state index < -0.39 is 5.41 Å². The maximum atomic E-state index is 13.1. The molecule has 5 heteroatoms. The van der Waals surface area contributed by atoms with Crippen molar-refractivity contribution >= 4 is 11.8 Å². The molecule has 5 nitrogen and oxygen atoms in total. The molecule has 2 aliphatic rings. The number of rotatable bonds is 6. The molecule has 0 spiro atoms. The van der Waals surface area contributed by atoms with Gasteiger partial charge in [0.1, 0.15) is 0 Å². The number of hydrogen-bond donors (Lipinski definition) is 1. The Labute approximate surface area is 172 Å². The molecule has 2 fully saturated rings. The lowest BCUT2D eigenvalue weighted by molar-refractivity contribution is -0.134. The molecule has 0 bridgehead atoms. The Morgan fingerprint density at radius 2 is 2.03 bits per heavy atom. The van der Waals surface area contributed by atoms with E-state index in [-0.39, 0.29) is 17.7 Å². The van der Waals surface area contributed by atoms with E-state index in [1.807, 2.05) is 36.2 Å². The number of benzene rings is 1. The largest absolute Gasteiger partial charge is 0.356 e. The van der Waals surface area contributed by atoms with Crippen LogP contribution < -0.4 is 5.32 Å². The predicted molar refractivity (Wildman–Crippen MR) is 113 cm³/mol. The molecule has 2 amide bonds. The molecule has 1 saturated carbocycles. The minimum Gasteiger partial charge on any atom is -0.356 e. The molecule has 152 valence electrons. The van der Waals surface area contributed by atoms with E-state index in [9.17, 15) is 9.59 Å². The second kappa shape index (κ2) is 7.97. The number of nitrogens with one attached hydrogen (secondary N) is 1. The molecule has 29 heavy (non-hydrogen) atoms. The first-order valence-electron chi connectivity index (χ1n) is 10.6. The lowest BCUT2D eigenvalue weighted by Crippen LogP contribution is -2.45. The van der Waals surface area contributed by atoms with Crippen molar-refractivity contribution in [1.82, 2.24) is 15.2 Å². The van der Waals surface area contributed by atoms with Gasteiger partial charge in [0.05, 0.1) is 5.41 Å². The minimum absolute atomic E-state index is 0.0610. The molecule has 1 aromatic carbocycles. The second-order valence-electron chi connectivity index (χ2n) is 8.59. The van der Waals surface area contributed by atoms with Crippen molar-refractivity contribution < 1.29 is 9.59 Å². The lowest BCUT2D eigenvalue weighted by atomic mass is 9.79. The molecule has 2 aromatic rings. The number of aromatic nitrogens is 1. The van der Waals surface area contributed by atoms with Crippen LogP contribution in [0, 0.1) is 17.3 Å². The lowest BCUT2D eigenvalue weighted by Gasteiger charge is -2.28. The van der Waals surface area contributed by atoms with E-state index in [0.717, 1.165) is 23.1 Å². The first kappa shape index (κ1) is 19.6. The number of hydrogen-bond acceptors (Lipinski definition) is 3. The monoisotopic (exact) mass is 391 g/mol. The van der Waals surface area contributed by atoms with Gasteiger partial charge < -0.3 is 10.2 Å². The molecule has 0 radical (unpaired) electrons. The molecule has 1 aliphatic carbocycles. The van der Waals surface area contributed by atoms with Crippen LogP contribution >= 0.6 is 0 Å². The van der Waals surface area contributed by atoms with Gasteiger partial charge in [-0.15, -0.1) is 0 Å². The fourth-order valence-corrected chi connectivity index (χ4v) is 4.50. The van der Waals surface area contributed by atoms with Crippen molar-refractivity contribution in [2.45, 2.75) is 33.1 Å². The standard InChI is InChI=1S/C24H29N3O2/c1-3-26-23(29)24(9-11-27(16-24)22(28)21-12-17(21)2)14-18-6-4-7-19(13-18)20-8-5-10-25-15-20/h4-8,10,13,15,17,21H,3,9,11-12,14,16H2,1-2H3,(H,26,29)/t17-,21-,24-/m0/s1. The maximum absolute atomic E-state index is 13.1. The summed E-state index contributed by atoms with van der Waals surface area (Å²) in [6, 6.07) is 12.3. The normalized spacial score (nSPS) is 25.7. The van der Waals surface area contributed by atoms with E-state index in [4.69, 9.17) is 0 Å². The number of likely N-dealkylation sites (tertiary alicyclic amines) is 1. The Morgan fingerprint density at radius 3 is 2.72 bits per heavy atom. The van der Waals surface area contributed by atoms with E-state index in [1.165, 1.54) is 0 Å². The van der Waals surface area contributed by atoms with Gasteiger partial charge in [0.2, 0.25) is 11.8 Å². The summed E-state index contributed by atoms with van der Waals surface area (Å²) in [6.07, 6.45) is 5.95. The van der Waals surface area contributed by atoms with Crippen LogP contribution in [-0.4, -0.2) is 41.3 Å². The number of nitrogens with zero attached hydrogens (tertiary/aromatic N) is 2. The zero-order valence-electron chi connectivity index (χ0n) is 17.2. The van der Waals surface area contributed by atoms with Crippen molar-refractivity contribution in [2.24, 2.45) is 17.3 Å². The number of carbonyl (C=O) groups is 2. The molecule has 4 rings (SSSR count). The molecule has 1 aromatic heterocycles. The van der Waals surface area contributed by atoms with Crippen LogP contribution in [0.2, 0.25) is 0 Å². The van der Waals surface area contributed by atoms with E-state index in [0.29, 0.717) is 38.4 Å². The Kier molecular flexibility index (Phi) is 5.39. The number of amides is 2. The first-order valence-corrected chi connectivity index (χ1v) is 10.6. The van der Waals surface area contributed by atoms with Gasteiger partial charge in [0.25, 0.3) is 0 Å². The molecule has 1 N–H and O–H groups in total. The first-order chi connectivity index (χ1) is 14.0. The average Bonchev–Trinajstić information content (AvgIpc) is 3.31. The van der Waals surface area contributed by atoms with E-state index in [1.54, 1.807) is 6.20 Å². The molecule has 0 unspecified atom stereocenters. The fraction of sp³-hybridized carbons (Fsp3) is 0.458. The third-order valence-electron chi connectivity index (χ3n) is 6.38. The summed E-state index contributed by atoms with van der Waals surface area (Å²) in [5, 5.41) is 3.02. The van der Waals surface area contributed by atoms with Crippen molar-refractivity contribution in [1.29, 1.82) is 0 Å². The third kappa shape index (κ3) is 4.04. The van der Waals surface area contributed by atoms with Crippen molar-refractivity contribution in [3.63, 3.8) is 0 Å². The zero-order chi connectivity index (χ0) is 20.4. The van der Waals surface area contributed by atoms with Crippen LogP contribution in [0.4, 0.5) is 0 Å². The van der Waals surface area contributed by atoms with Crippen LogP contribution in [-0.2, 0) is 16.0 Å². The van der Waals surface area contributed by atoms with Crippen LogP contribution in [0.25, 0.3) is 11.1 Å². The van der Waals surface area contributed by atoms with Crippen molar-refractivity contribution in [3.8, 4) is 11.1 Å². The highest BCUT2D eigenvalue weighted by Gasteiger charge is 2.49. The average molecular weight is 392 g/mol.